The molecular weight excluding hydrogens is 308 g/mol. The molecule has 0 bridgehead atoms. The van der Waals surface area contributed by atoms with E-state index in [9.17, 15) is 0 Å². The van der Waals surface area contributed by atoms with Crippen LogP contribution in [0.25, 0.3) is 22.4 Å². The van der Waals surface area contributed by atoms with Crippen LogP contribution in [0.15, 0.2) is 36.5 Å². The van der Waals surface area contributed by atoms with Crippen molar-refractivity contribution < 1.29 is 0 Å². The van der Waals surface area contributed by atoms with E-state index in [1.807, 2.05) is 25.2 Å². The predicted molar refractivity (Wildman–Crippen MR) is 94.9 cm³/mol. The Bertz CT molecular complexity index is 871. The molecule has 0 saturated carbocycles. The zero-order valence-corrected chi connectivity index (χ0v) is 14.1. The van der Waals surface area contributed by atoms with E-state index >= 15 is 0 Å². The van der Waals surface area contributed by atoms with E-state index in [1.165, 1.54) is 6.42 Å². The van der Waals surface area contributed by atoms with Gasteiger partial charge in [0, 0.05) is 31.9 Å². The van der Waals surface area contributed by atoms with Gasteiger partial charge in [-0.05, 0) is 30.5 Å². The van der Waals surface area contributed by atoms with Crippen molar-refractivity contribution in [3.8, 4) is 11.4 Å². The van der Waals surface area contributed by atoms with Gasteiger partial charge in [0.25, 0.3) is 0 Å². The van der Waals surface area contributed by atoms with Crippen molar-refractivity contribution >= 4 is 28.5 Å². The van der Waals surface area contributed by atoms with E-state index < -0.39 is 0 Å². The minimum Gasteiger partial charge on any atom is -0.356 e. The molecule has 4 nitrogen and oxygen atoms in total. The summed E-state index contributed by atoms with van der Waals surface area (Å²) in [6.07, 6.45) is 2.96. The van der Waals surface area contributed by atoms with Gasteiger partial charge in [0.05, 0.1) is 16.1 Å². The topological polar surface area (TPSA) is 34.0 Å². The summed E-state index contributed by atoms with van der Waals surface area (Å²) in [6, 6.07) is 10.2. The fourth-order valence-corrected chi connectivity index (χ4v) is 3.49. The highest BCUT2D eigenvalue weighted by atomic mass is 35.5. The van der Waals surface area contributed by atoms with Crippen LogP contribution in [-0.2, 0) is 7.05 Å². The van der Waals surface area contributed by atoms with Crippen LogP contribution in [0.3, 0.4) is 0 Å². The first-order valence-electron chi connectivity index (χ1n) is 7.96. The second kappa shape index (κ2) is 5.53. The molecule has 1 atom stereocenters. The van der Waals surface area contributed by atoms with E-state index in [1.54, 1.807) is 6.20 Å². The smallest absolute Gasteiger partial charge is 0.142 e. The molecule has 5 heteroatoms. The molecule has 1 aliphatic rings. The Hall–Kier alpha value is -2.07. The maximum atomic E-state index is 6.43. The Balaban J connectivity index is 1.82. The van der Waals surface area contributed by atoms with E-state index in [2.05, 4.69) is 33.5 Å². The van der Waals surface area contributed by atoms with Crippen molar-refractivity contribution in [2.75, 3.05) is 18.0 Å². The SMILES string of the molecule is C[C@@H]1CCN(c2cc(-c3nc4ccccc4n3C)c(Cl)cn2)C1. The van der Waals surface area contributed by atoms with Gasteiger partial charge in [-0.25, -0.2) is 9.97 Å². The number of halogens is 1. The molecule has 3 heterocycles. The molecule has 1 saturated heterocycles. The minimum absolute atomic E-state index is 0.638. The van der Waals surface area contributed by atoms with Gasteiger partial charge in [0.2, 0.25) is 0 Å². The lowest BCUT2D eigenvalue weighted by molar-refractivity contribution is 0.659. The fourth-order valence-electron chi connectivity index (χ4n) is 3.30. The molecule has 0 unspecified atom stereocenters. The van der Waals surface area contributed by atoms with Crippen molar-refractivity contribution in [3.63, 3.8) is 0 Å². The molecule has 0 spiro atoms. The molecule has 3 aromatic rings. The van der Waals surface area contributed by atoms with Crippen molar-refractivity contribution in [2.24, 2.45) is 13.0 Å². The summed E-state index contributed by atoms with van der Waals surface area (Å²) in [5.74, 6) is 2.58. The molecule has 23 heavy (non-hydrogen) atoms. The number of imidazole rings is 1. The zero-order chi connectivity index (χ0) is 16.0. The first-order valence-corrected chi connectivity index (χ1v) is 8.33. The van der Waals surface area contributed by atoms with Gasteiger partial charge in [-0.1, -0.05) is 30.7 Å². The van der Waals surface area contributed by atoms with Crippen molar-refractivity contribution in [2.45, 2.75) is 13.3 Å². The third kappa shape index (κ3) is 2.47. The maximum Gasteiger partial charge on any atom is 0.142 e. The number of hydrogen-bond acceptors (Lipinski definition) is 3. The Kier molecular flexibility index (Phi) is 3.49. The van der Waals surface area contributed by atoms with Gasteiger partial charge in [-0.15, -0.1) is 0 Å². The Morgan fingerprint density at radius 3 is 2.83 bits per heavy atom. The van der Waals surface area contributed by atoms with Crippen LogP contribution in [0.4, 0.5) is 5.82 Å². The Morgan fingerprint density at radius 2 is 2.09 bits per heavy atom. The summed E-state index contributed by atoms with van der Waals surface area (Å²) in [5, 5.41) is 0.638. The van der Waals surface area contributed by atoms with Crippen LogP contribution < -0.4 is 4.90 Å². The van der Waals surface area contributed by atoms with Gasteiger partial charge in [-0.2, -0.15) is 0 Å². The molecular formula is C18H19ClN4. The van der Waals surface area contributed by atoms with Gasteiger partial charge in [-0.3, -0.25) is 0 Å². The van der Waals surface area contributed by atoms with Gasteiger partial charge in [0.15, 0.2) is 0 Å². The summed E-state index contributed by atoms with van der Waals surface area (Å²) in [7, 11) is 2.03. The van der Waals surface area contributed by atoms with Crippen LogP contribution in [0.2, 0.25) is 5.02 Å². The summed E-state index contributed by atoms with van der Waals surface area (Å²) in [6.45, 7) is 4.39. The molecule has 2 aromatic heterocycles. The molecule has 1 aromatic carbocycles. The van der Waals surface area contributed by atoms with Crippen LogP contribution >= 0.6 is 11.6 Å². The Labute approximate surface area is 140 Å². The first-order chi connectivity index (χ1) is 11.1. The molecule has 0 N–H and O–H groups in total. The van der Waals surface area contributed by atoms with E-state index in [0.717, 1.165) is 41.3 Å². The first kappa shape index (κ1) is 14.5. The van der Waals surface area contributed by atoms with E-state index in [4.69, 9.17) is 16.6 Å². The molecule has 0 radical (unpaired) electrons. The molecule has 0 aliphatic carbocycles. The largest absolute Gasteiger partial charge is 0.356 e. The van der Waals surface area contributed by atoms with Gasteiger partial charge >= 0.3 is 0 Å². The highest BCUT2D eigenvalue weighted by Gasteiger charge is 2.22. The van der Waals surface area contributed by atoms with Gasteiger partial charge in [0.1, 0.15) is 11.6 Å². The van der Waals surface area contributed by atoms with Crippen LogP contribution in [-0.4, -0.2) is 27.6 Å². The molecule has 0 amide bonds. The number of para-hydroxylation sites is 2. The predicted octanol–water partition coefficient (Wildman–Crippen LogP) is 4.13. The average Bonchev–Trinajstić information content (AvgIpc) is 3.13. The van der Waals surface area contributed by atoms with Gasteiger partial charge < -0.3 is 9.47 Å². The van der Waals surface area contributed by atoms with Crippen LogP contribution in [0, 0.1) is 5.92 Å². The third-order valence-corrected chi connectivity index (χ3v) is 4.92. The molecule has 4 rings (SSSR count). The lowest BCUT2D eigenvalue weighted by Crippen LogP contribution is -2.20. The Morgan fingerprint density at radius 1 is 1.26 bits per heavy atom. The van der Waals surface area contributed by atoms with Crippen molar-refractivity contribution in [1.29, 1.82) is 0 Å². The number of aromatic nitrogens is 3. The van der Waals surface area contributed by atoms with Crippen molar-refractivity contribution in [1.82, 2.24) is 14.5 Å². The van der Waals surface area contributed by atoms with E-state index in [-0.39, 0.29) is 0 Å². The van der Waals surface area contributed by atoms with E-state index in [0.29, 0.717) is 10.9 Å². The monoisotopic (exact) mass is 326 g/mol. The standard InChI is InChI=1S/C18H19ClN4/c1-12-7-8-23(11-12)17-9-13(14(19)10-20-17)18-21-15-5-3-4-6-16(15)22(18)2/h3-6,9-10,12H,7-8,11H2,1-2H3/t12-/m1/s1. The van der Waals surface area contributed by atoms with Crippen LogP contribution in [0.1, 0.15) is 13.3 Å². The second-order valence-corrected chi connectivity index (χ2v) is 6.75. The summed E-state index contributed by atoms with van der Waals surface area (Å²) < 4.78 is 2.09. The summed E-state index contributed by atoms with van der Waals surface area (Å²) >= 11 is 6.43. The lowest BCUT2D eigenvalue weighted by atomic mass is 10.2. The highest BCUT2D eigenvalue weighted by Crippen LogP contribution is 2.32. The number of pyridine rings is 1. The number of fused-ring (bicyclic) bond motifs is 1. The quantitative estimate of drug-likeness (QED) is 0.710. The summed E-state index contributed by atoms with van der Waals surface area (Å²) in [4.78, 5) is 11.6. The highest BCUT2D eigenvalue weighted by molar-refractivity contribution is 6.33. The number of anilines is 1. The zero-order valence-electron chi connectivity index (χ0n) is 13.3. The molecule has 1 aliphatic heterocycles. The fraction of sp³-hybridized carbons (Fsp3) is 0.333. The lowest BCUT2D eigenvalue weighted by Gasteiger charge is -2.18. The second-order valence-electron chi connectivity index (χ2n) is 6.35. The van der Waals surface area contributed by atoms with Crippen LogP contribution in [0.5, 0.6) is 0 Å². The number of benzene rings is 1. The molecule has 1 fully saturated rings. The summed E-state index contributed by atoms with van der Waals surface area (Å²) in [5.41, 5.74) is 3.02. The average molecular weight is 327 g/mol. The third-order valence-electron chi connectivity index (χ3n) is 4.62. The maximum absolute atomic E-state index is 6.43. The normalized spacial score (nSPS) is 18.0. The number of hydrogen-bond donors (Lipinski definition) is 0. The minimum atomic E-state index is 0.638. The number of nitrogens with zero attached hydrogens (tertiary/aromatic N) is 4. The van der Waals surface area contributed by atoms with Crippen molar-refractivity contribution in [3.05, 3.63) is 41.6 Å². The molecule has 118 valence electrons. The number of aryl methyl sites for hydroxylation is 1. The number of rotatable bonds is 2.